The molecule has 1 N–H and O–H groups in total. The van der Waals surface area contributed by atoms with Crippen LogP contribution in [0.2, 0.25) is 0 Å². The Kier molecular flexibility index (Phi) is 4.27. The van der Waals surface area contributed by atoms with E-state index in [0.717, 1.165) is 25.2 Å². The van der Waals surface area contributed by atoms with E-state index in [4.69, 9.17) is 16.7 Å². The molecule has 1 aromatic heterocycles. The molecule has 3 rings (SSSR count). The summed E-state index contributed by atoms with van der Waals surface area (Å²) in [5.74, 6) is 0. The first-order valence-electron chi connectivity index (χ1n) is 7.61. The number of aromatic nitrogens is 2. The molecule has 2 aromatic rings. The fourth-order valence-electron chi connectivity index (χ4n) is 3.11. The van der Waals surface area contributed by atoms with E-state index in [1.165, 1.54) is 30.2 Å². The van der Waals surface area contributed by atoms with Crippen LogP contribution in [0.1, 0.15) is 38.3 Å². The molecule has 2 unspecified atom stereocenters. The van der Waals surface area contributed by atoms with Crippen LogP contribution in [-0.4, -0.2) is 21.2 Å². The lowest BCUT2D eigenvalue weighted by atomic mass is 9.95. The average molecular weight is 292 g/mol. The van der Waals surface area contributed by atoms with Crippen molar-refractivity contribution in [1.29, 1.82) is 0 Å². The smallest absolute Gasteiger partial charge is 0.0841 e. The maximum Gasteiger partial charge on any atom is 0.0841 e. The topological polar surface area (TPSA) is 29.9 Å². The summed E-state index contributed by atoms with van der Waals surface area (Å²) in [7, 11) is 0. The molecule has 3 nitrogen and oxygen atoms in total. The maximum absolute atomic E-state index is 6.41. The maximum atomic E-state index is 6.41. The van der Waals surface area contributed by atoms with Gasteiger partial charge in [0.1, 0.15) is 0 Å². The van der Waals surface area contributed by atoms with Crippen LogP contribution in [-0.2, 0) is 13.1 Å². The van der Waals surface area contributed by atoms with E-state index in [-0.39, 0.29) is 5.38 Å². The van der Waals surface area contributed by atoms with Gasteiger partial charge in [0.05, 0.1) is 11.2 Å². The zero-order chi connectivity index (χ0) is 13.9. The van der Waals surface area contributed by atoms with Crippen molar-refractivity contribution in [3.8, 4) is 0 Å². The van der Waals surface area contributed by atoms with Crippen LogP contribution in [0.4, 0.5) is 0 Å². The summed E-state index contributed by atoms with van der Waals surface area (Å²) in [4.78, 5) is 0. The van der Waals surface area contributed by atoms with Gasteiger partial charge in [-0.15, -0.1) is 11.6 Å². The molecule has 1 saturated carbocycles. The van der Waals surface area contributed by atoms with Crippen molar-refractivity contribution in [3.63, 3.8) is 0 Å². The zero-order valence-corrected chi connectivity index (χ0v) is 12.7. The van der Waals surface area contributed by atoms with Crippen LogP contribution in [0.3, 0.4) is 0 Å². The van der Waals surface area contributed by atoms with Gasteiger partial charge in [-0.1, -0.05) is 31.0 Å². The van der Waals surface area contributed by atoms with Crippen molar-refractivity contribution in [2.45, 2.75) is 57.1 Å². The quantitative estimate of drug-likeness (QED) is 0.871. The second kappa shape index (κ2) is 6.15. The van der Waals surface area contributed by atoms with E-state index >= 15 is 0 Å². The first kappa shape index (κ1) is 13.9. The van der Waals surface area contributed by atoms with E-state index < -0.39 is 0 Å². The normalized spacial score (nSPS) is 23.3. The molecule has 0 aliphatic heterocycles. The number of benzene rings is 1. The number of halogens is 1. The second-order valence-corrected chi connectivity index (χ2v) is 6.13. The highest BCUT2D eigenvalue weighted by atomic mass is 35.5. The summed E-state index contributed by atoms with van der Waals surface area (Å²) in [5, 5.41) is 9.86. The Labute approximate surface area is 125 Å². The standard InChI is InChI=1S/C16H22ClN3/c1-2-20-16-10-6-3-7-12(16)15(19-20)11-18-14-9-5-4-8-13(14)17/h3,6-7,10,13-14,18H,2,4-5,8-9,11H2,1H3. The highest BCUT2D eigenvalue weighted by Crippen LogP contribution is 2.24. The fraction of sp³-hybridized carbons (Fsp3) is 0.562. The lowest BCUT2D eigenvalue weighted by Crippen LogP contribution is -2.38. The second-order valence-electron chi connectivity index (χ2n) is 5.57. The van der Waals surface area contributed by atoms with Crippen molar-refractivity contribution in [2.24, 2.45) is 0 Å². The molecule has 4 heteroatoms. The van der Waals surface area contributed by atoms with Crippen molar-refractivity contribution in [2.75, 3.05) is 0 Å². The number of hydrogen-bond acceptors (Lipinski definition) is 2. The summed E-state index contributed by atoms with van der Waals surface area (Å²) in [5.41, 5.74) is 2.36. The number of alkyl halides is 1. The SMILES string of the molecule is CCn1nc(CNC2CCCCC2Cl)c2ccccc21. The number of nitrogens with zero attached hydrogens (tertiary/aromatic N) is 2. The molecule has 1 aliphatic carbocycles. The largest absolute Gasteiger partial charge is 0.307 e. The van der Waals surface area contributed by atoms with Crippen LogP contribution in [0.15, 0.2) is 24.3 Å². The molecule has 1 aromatic carbocycles. The highest BCUT2D eigenvalue weighted by Gasteiger charge is 2.23. The number of para-hydroxylation sites is 1. The van der Waals surface area contributed by atoms with Crippen LogP contribution in [0.25, 0.3) is 10.9 Å². The minimum absolute atomic E-state index is 0.267. The van der Waals surface area contributed by atoms with Gasteiger partial charge >= 0.3 is 0 Å². The summed E-state index contributed by atoms with van der Waals surface area (Å²) in [6.07, 6.45) is 4.86. The number of fused-ring (bicyclic) bond motifs is 1. The molecule has 0 saturated heterocycles. The molecular formula is C16H22ClN3. The van der Waals surface area contributed by atoms with Gasteiger partial charge in [0.15, 0.2) is 0 Å². The molecule has 0 bridgehead atoms. The summed E-state index contributed by atoms with van der Waals surface area (Å²) in [6, 6.07) is 8.88. The third-order valence-electron chi connectivity index (χ3n) is 4.25. The summed E-state index contributed by atoms with van der Waals surface area (Å²) in [6.45, 7) is 3.84. The third-order valence-corrected chi connectivity index (χ3v) is 4.77. The van der Waals surface area contributed by atoms with Crippen molar-refractivity contribution >= 4 is 22.5 Å². The lowest BCUT2D eigenvalue weighted by Gasteiger charge is -2.27. The van der Waals surface area contributed by atoms with Gasteiger partial charge in [-0.25, -0.2) is 0 Å². The predicted octanol–water partition coefficient (Wildman–Crippen LogP) is 3.70. The molecule has 2 atom stereocenters. The minimum atomic E-state index is 0.267. The number of rotatable bonds is 4. The van der Waals surface area contributed by atoms with E-state index in [9.17, 15) is 0 Å². The van der Waals surface area contributed by atoms with Gasteiger partial charge in [-0.2, -0.15) is 5.10 Å². The summed E-state index contributed by atoms with van der Waals surface area (Å²) < 4.78 is 2.07. The fourth-order valence-corrected chi connectivity index (χ4v) is 3.48. The van der Waals surface area contributed by atoms with Crippen molar-refractivity contribution < 1.29 is 0 Å². The van der Waals surface area contributed by atoms with Crippen LogP contribution in [0, 0.1) is 0 Å². The van der Waals surface area contributed by atoms with E-state index in [0.29, 0.717) is 6.04 Å². The highest BCUT2D eigenvalue weighted by molar-refractivity contribution is 6.21. The Morgan fingerprint density at radius 3 is 2.90 bits per heavy atom. The minimum Gasteiger partial charge on any atom is -0.307 e. The molecular weight excluding hydrogens is 270 g/mol. The first-order chi connectivity index (χ1) is 9.79. The Hall–Kier alpha value is -1.06. The van der Waals surface area contributed by atoms with E-state index in [2.05, 4.69) is 41.2 Å². The van der Waals surface area contributed by atoms with E-state index in [1.807, 2.05) is 0 Å². The van der Waals surface area contributed by atoms with E-state index in [1.54, 1.807) is 0 Å². The zero-order valence-electron chi connectivity index (χ0n) is 12.0. The number of aryl methyl sites for hydroxylation is 1. The molecule has 108 valence electrons. The van der Waals surface area contributed by atoms with Gasteiger partial charge in [0.25, 0.3) is 0 Å². The lowest BCUT2D eigenvalue weighted by molar-refractivity contribution is 0.376. The molecule has 1 heterocycles. The van der Waals surface area contributed by atoms with Gasteiger partial charge < -0.3 is 5.32 Å². The molecule has 0 radical (unpaired) electrons. The Bertz CT molecular complexity index is 578. The average Bonchev–Trinajstić information content (AvgIpc) is 2.85. The van der Waals surface area contributed by atoms with Crippen LogP contribution >= 0.6 is 11.6 Å². The molecule has 1 fully saturated rings. The van der Waals surface area contributed by atoms with Crippen LogP contribution < -0.4 is 5.32 Å². The number of hydrogen-bond donors (Lipinski definition) is 1. The first-order valence-corrected chi connectivity index (χ1v) is 8.05. The predicted molar refractivity (Wildman–Crippen MR) is 84.1 cm³/mol. The van der Waals surface area contributed by atoms with Gasteiger partial charge in [-0.05, 0) is 25.8 Å². The molecule has 0 spiro atoms. The Morgan fingerprint density at radius 1 is 1.30 bits per heavy atom. The van der Waals surface area contributed by atoms with Gasteiger partial charge in [0.2, 0.25) is 0 Å². The summed E-state index contributed by atoms with van der Waals surface area (Å²) >= 11 is 6.41. The van der Waals surface area contributed by atoms with Crippen molar-refractivity contribution in [1.82, 2.24) is 15.1 Å². The Morgan fingerprint density at radius 2 is 2.10 bits per heavy atom. The van der Waals surface area contributed by atoms with Crippen LogP contribution in [0.5, 0.6) is 0 Å². The third kappa shape index (κ3) is 2.70. The molecule has 20 heavy (non-hydrogen) atoms. The monoisotopic (exact) mass is 291 g/mol. The Balaban J connectivity index is 1.77. The van der Waals surface area contributed by atoms with Gasteiger partial charge in [0, 0.05) is 29.9 Å². The number of nitrogens with one attached hydrogen (secondary N) is 1. The molecule has 1 aliphatic rings. The van der Waals surface area contributed by atoms with Crippen molar-refractivity contribution in [3.05, 3.63) is 30.0 Å². The van der Waals surface area contributed by atoms with Gasteiger partial charge in [-0.3, -0.25) is 4.68 Å². The molecule has 0 amide bonds.